The number of pyridine rings is 1. The molecule has 0 bridgehead atoms. The monoisotopic (exact) mass is 344 g/mol. The maximum Gasteiger partial charge on any atom is 0.252 e. The van der Waals surface area contributed by atoms with E-state index in [9.17, 15) is 9.18 Å². The molecule has 2 aromatic rings. The highest BCUT2D eigenvalue weighted by atomic mass is 19.1. The number of morpholine rings is 1. The van der Waals surface area contributed by atoms with E-state index in [0.717, 1.165) is 38.5 Å². The van der Waals surface area contributed by atoms with E-state index in [1.54, 1.807) is 24.4 Å². The van der Waals surface area contributed by atoms with Gasteiger partial charge in [0.05, 0.1) is 30.7 Å². The van der Waals surface area contributed by atoms with Crippen molar-refractivity contribution >= 4 is 17.3 Å². The van der Waals surface area contributed by atoms with Gasteiger partial charge in [-0.3, -0.25) is 14.7 Å². The Balaban J connectivity index is 1.52. The lowest BCUT2D eigenvalue weighted by atomic mass is 10.2. The number of halogens is 1. The van der Waals surface area contributed by atoms with Gasteiger partial charge in [0.25, 0.3) is 5.91 Å². The zero-order valence-corrected chi connectivity index (χ0v) is 13.9. The third kappa shape index (κ3) is 5.23. The molecule has 7 heteroatoms. The summed E-state index contributed by atoms with van der Waals surface area (Å²) in [7, 11) is 0. The van der Waals surface area contributed by atoms with Gasteiger partial charge in [-0.1, -0.05) is 0 Å². The van der Waals surface area contributed by atoms with Crippen LogP contribution in [0.25, 0.3) is 0 Å². The first-order valence-corrected chi connectivity index (χ1v) is 8.27. The largest absolute Gasteiger partial charge is 0.379 e. The first-order chi connectivity index (χ1) is 12.2. The molecular formula is C18H21FN4O2. The fourth-order valence-electron chi connectivity index (χ4n) is 2.59. The van der Waals surface area contributed by atoms with E-state index >= 15 is 0 Å². The van der Waals surface area contributed by atoms with Crippen molar-refractivity contribution in [3.05, 3.63) is 54.1 Å². The maximum absolute atomic E-state index is 12.9. The minimum Gasteiger partial charge on any atom is -0.379 e. The van der Waals surface area contributed by atoms with Crippen LogP contribution in [0.1, 0.15) is 10.4 Å². The average molecular weight is 344 g/mol. The van der Waals surface area contributed by atoms with Gasteiger partial charge < -0.3 is 15.4 Å². The van der Waals surface area contributed by atoms with Gasteiger partial charge in [0.15, 0.2) is 0 Å². The highest BCUT2D eigenvalue weighted by Gasteiger charge is 2.11. The molecule has 1 amide bonds. The van der Waals surface area contributed by atoms with Crippen LogP contribution < -0.4 is 10.6 Å². The number of nitrogens with one attached hydrogen (secondary N) is 2. The molecule has 1 aliphatic heterocycles. The van der Waals surface area contributed by atoms with E-state index in [-0.39, 0.29) is 11.7 Å². The highest BCUT2D eigenvalue weighted by Crippen LogP contribution is 2.17. The van der Waals surface area contributed by atoms with Crippen LogP contribution in [0.5, 0.6) is 0 Å². The third-order valence-corrected chi connectivity index (χ3v) is 3.95. The second kappa shape index (κ2) is 8.55. The number of aromatic nitrogens is 1. The molecule has 1 aromatic carbocycles. The molecule has 1 aliphatic rings. The molecule has 132 valence electrons. The average Bonchev–Trinajstić information content (AvgIpc) is 2.65. The van der Waals surface area contributed by atoms with Gasteiger partial charge >= 0.3 is 0 Å². The molecule has 0 saturated carbocycles. The molecule has 0 radical (unpaired) electrons. The summed E-state index contributed by atoms with van der Waals surface area (Å²) in [4.78, 5) is 18.6. The van der Waals surface area contributed by atoms with Gasteiger partial charge in [0.2, 0.25) is 0 Å². The molecule has 1 saturated heterocycles. The van der Waals surface area contributed by atoms with Crippen LogP contribution in [-0.2, 0) is 4.74 Å². The third-order valence-electron chi connectivity index (χ3n) is 3.95. The van der Waals surface area contributed by atoms with Crippen molar-refractivity contribution in [2.45, 2.75) is 0 Å². The molecule has 0 unspecified atom stereocenters. The highest BCUT2D eigenvalue weighted by molar-refractivity contribution is 5.94. The van der Waals surface area contributed by atoms with Gasteiger partial charge in [-0.2, -0.15) is 0 Å². The predicted molar refractivity (Wildman–Crippen MR) is 93.5 cm³/mol. The van der Waals surface area contributed by atoms with Crippen molar-refractivity contribution in [3.63, 3.8) is 0 Å². The number of carbonyl (C=O) groups excluding carboxylic acids is 1. The van der Waals surface area contributed by atoms with Crippen molar-refractivity contribution < 1.29 is 13.9 Å². The first kappa shape index (κ1) is 17.3. The lowest BCUT2D eigenvalue weighted by Gasteiger charge is -2.26. The summed E-state index contributed by atoms with van der Waals surface area (Å²) in [5, 5.41) is 6.01. The lowest BCUT2D eigenvalue weighted by molar-refractivity contribution is 0.0383. The Morgan fingerprint density at radius 1 is 1.16 bits per heavy atom. The standard InChI is InChI=1S/C18H21FN4O2/c19-15-1-3-16(4-2-15)22-17-11-14(12-20-13-17)18(24)21-5-6-23-7-9-25-10-8-23/h1-4,11-13,22H,5-10H2,(H,21,24). The fraction of sp³-hybridized carbons (Fsp3) is 0.333. The van der Waals surface area contributed by atoms with E-state index in [4.69, 9.17) is 4.74 Å². The summed E-state index contributed by atoms with van der Waals surface area (Å²) in [6, 6.07) is 7.73. The second-order valence-electron chi connectivity index (χ2n) is 5.80. The lowest BCUT2D eigenvalue weighted by Crippen LogP contribution is -2.41. The van der Waals surface area contributed by atoms with Crippen LogP contribution >= 0.6 is 0 Å². The van der Waals surface area contributed by atoms with Crippen LogP contribution in [0, 0.1) is 5.82 Å². The number of hydrogen-bond acceptors (Lipinski definition) is 5. The molecule has 0 aliphatic carbocycles. The van der Waals surface area contributed by atoms with Crippen LogP contribution in [0.3, 0.4) is 0 Å². The SMILES string of the molecule is O=C(NCCN1CCOCC1)c1cncc(Nc2ccc(F)cc2)c1. The van der Waals surface area contributed by atoms with E-state index in [2.05, 4.69) is 20.5 Å². The number of nitrogens with zero attached hydrogens (tertiary/aromatic N) is 2. The van der Waals surface area contributed by atoms with E-state index < -0.39 is 0 Å². The fourth-order valence-corrected chi connectivity index (χ4v) is 2.59. The van der Waals surface area contributed by atoms with Gasteiger partial charge in [-0.05, 0) is 30.3 Å². The van der Waals surface area contributed by atoms with Gasteiger partial charge in [-0.15, -0.1) is 0 Å². The predicted octanol–water partition coefficient (Wildman–Crippen LogP) is 2.03. The van der Waals surface area contributed by atoms with Crippen molar-refractivity contribution in [1.82, 2.24) is 15.2 Å². The number of rotatable bonds is 6. The summed E-state index contributed by atoms with van der Waals surface area (Å²) < 4.78 is 18.2. The topological polar surface area (TPSA) is 66.5 Å². The van der Waals surface area contributed by atoms with Crippen molar-refractivity contribution in [2.24, 2.45) is 0 Å². The number of anilines is 2. The summed E-state index contributed by atoms with van der Waals surface area (Å²) >= 11 is 0. The Bertz CT molecular complexity index is 702. The Labute approximate surface area is 146 Å². The number of carbonyl (C=O) groups is 1. The van der Waals surface area contributed by atoms with Gasteiger partial charge in [-0.25, -0.2) is 4.39 Å². The van der Waals surface area contributed by atoms with Crippen molar-refractivity contribution in [2.75, 3.05) is 44.7 Å². The van der Waals surface area contributed by atoms with Crippen LogP contribution in [0.2, 0.25) is 0 Å². The summed E-state index contributed by atoms with van der Waals surface area (Å²) in [6.07, 6.45) is 3.15. The maximum atomic E-state index is 12.9. The van der Waals surface area contributed by atoms with Gasteiger partial charge in [0, 0.05) is 38.1 Å². The van der Waals surface area contributed by atoms with E-state index in [0.29, 0.717) is 17.8 Å². The molecule has 6 nitrogen and oxygen atoms in total. The Morgan fingerprint density at radius 3 is 2.68 bits per heavy atom. The molecule has 1 fully saturated rings. The zero-order chi connectivity index (χ0) is 17.5. The smallest absolute Gasteiger partial charge is 0.252 e. The second-order valence-corrected chi connectivity index (χ2v) is 5.80. The minimum absolute atomic E-state index is 0.163. The Hall–Kier alpha value is -2.51. The quantitative estimate of drug-likeness (QED) is 0.839. The number of hydrogen-bond donors (Lipinski definition) is 2. The Kier molecular flexibility index (Phi) is 5.92. The number of ether oxygens (including phenoxy) is 1. The molecule has 25 heavy (non-hydrogen) atoms. The molecular weight excluding hydrogens is 323 g/mol. The molecule has 2 N–H and O–H groups in total. The van der Waals surface area contributed by atoms with Gasteiger partial charge in [0.1, 0.15) is 5.82 Å². The first-order valence-electron chi connectivity index (χ1n) is 8.27. The van der Waals surface area contributed by atoms with E-state index in [1.807, 2.05) is 0 Å². The van der Waals surface area contributed by atoms with E-state index in [1.165, 1.54) is 18.3 Å². The molecule has 3 rings (SSSR count). The van der Waals surface area contributed by atoms with Crippen LogP contribution in [0.15, 0.2) is 42.7 Å². The summed E-state index contributed by atoms with van der Waals surface area (Å²) in [5.41, 5.74) is 1.88. The zero-order valence-electron chi connectivity index (χ0n) is 13.9. The number of amides is 1. The van der Waals surface area contributed by atoms with Crippen LogP contribution in [-0.4, -0.2) is 55.2 Å². The Morgan fingerprint density at radius 2 is 1.92 bits per heavy atom. The minimum atomic E-state index is -0.294. The number of benzene rings is 1. The summed E-state index contributed by atoms with van der Waals surface area (Å²) in [6.45, 7) is 4.66. The normalized spacial score (nSPS) is 14.9. The molecule has 1 aromatic heterocycles. The molecule has 2 heterocycles. The summed E-state index contributed by atoms with van der Waals surface area (Å²) in [5.74, 6) is -0.458. The van der Waals surface area contributed by atoms with Crippen molar-refractivity contribution in [1.29, 1.82) is 0 Å². The van der Waals surface area contributed by atoms with Crippen molar-refractivity contribution in [3.8, 4) is 0 Å². The molecule has 0 atom stereocenters. The molecule has 0 spiro atoms. The van der Waals surface area contributed by atoms with Crippen LogP contribution in [0.4, 0.5) is 15.8 Å².